The van der Waals surface area contributed by atoms with E-state index < -0.39 is 0 Å². The number of carbonyl (C=O) groups excluding carboxylic acids is 1. The van der Waals surface area contributed by atoms with Crippen LogP contribution >= 0.6 is 0 Å². The van der Waals surface area contributed by atoms with E-state index in [2.05, 4.69) is 12.2 Å². The number of rotatable bonds is 4. The van der Waals surface area contributed by atoms with Crippen LogP contribution in [-0.4, -0.2) is 25.7 Å². The first kappa shape index (κ1) is 9.00. The van der Waals surface area contributed by atoms with Crippen molar-refractivity contribution in [2.24, 2.45) is 11.3 Å². The Balaban J connectivity index is 1.73. The van der Waals surface area contributed by atoms with E-state index in [1.165, 1.54) is 0 Å². The first-order chi connectivity index (χ1) is 6.26. The summed E-state index contributed by atoms with van der Waals surface area (Å²) in [7, 11) is 0. The summed E-state index contributed by atoms with van der Waals surface area (Å²) < 4.78 is 5.19. The number of hydrogen-bond donors (Lipinski definition) is 1. The third-order valence-electron chi connectivity index (χ3n) is 3.15. The lowest BCUT2D eigenvalue weighted by Crippen LogP contribution is -2.50. The fourth-order valence-corrected chi connectivity index (χ4v) is 1.59. The molecule has 0 aromatic rings. The second kappa shape index (κ2) is 3.29. The first-order valence-electron chi connectivity index (χ1n) is 5.11. The molecule has 0 radical (unpaired) electrons. The normalized spacial score (nSPS) is 25.0. The molecule has 2 rings (SSSR count). The van der Waals surface area contributed by atoms with Gasteiger partial charge in [0.25, 0.3) is 0 Å². The molecular formula is C10H17NO2. The molecule has 0 bridgehead atoms. The van der Waals surface area contributed by atoms with Crippen LogP contribution in [0.25, 0.3) is 0 Å². The fraction of sp³-hybridized carbons (Fsp3) is 0.900. The van der Waals surface area contributed by atoms with Gasteiger partial charge in [0.2, 0.25) is 5.91 Å². The zero-order chi connectivity index (χ0) is 9.31. The van der Waals surface area contributed by atoms with Gasteiger partial charge in [-0.2, -0.15) is 0 Å². The Morgan fingerprint density at radius 3 is 2.62 bits per heavy atom. The third kappa shape index (κ3) is 1.85. The molecule has 0 aromatic carbocycles. The van der Waals surface area contributed by atoms with E-state index in [4.69, 9.17) is 4.74 Å². The zero-order valence-electron chi connectivity index (χ0n) is 8.14. The fourth-order valence-electron chi connectivity index (χ4n) is 1.59. The Morgan fingerprint density at radius 2 is 2.23 bits per heavy atom. The van der Waals surface area contributed by atoms with Crippen LogP contribution < -0.4 is 5.32 Å². The van der Waals surface area contributed by atoms with Gasteiger partial charge in [0, 0.05) is 17.9 Å². The monoisotopic (exact) mass is 183 g/mol. The van der Waals surface area contributed by atoms with E-state index in [0.29, 0.717) is 5.92 Å². The molecule has 3 heteroatoms. The maximum atomic E-state index is 11.4. The Hall–Kier alpha value is -0.570. The first-order valence-corrected chi connectivity index (χ1v) is 5.11. The van der Waals surface area contributed by atoms with E-state index in [0.717, 1.165) is 39.0 Å². The lowest BCUT2D eigenvalue weighted by molar-refractivity contribution is -0.131. The second-order valence-electron chi connectivity index (χ2n) is 4.34. The van der Waals surface area contributed by atoms with Crippen molar-refractivity contribution < 1.29 is 9.53 Å². The van der Waals surface area contributed by atoms with Crippen molar-refractivity contribution in [1.29, 1.82) is 0 Å². The molecule has 13 heavy (non-hydrogen) atoms. The number of ether oxygens (including phenoxy) is 1. The van der Waals surface area contributed by atoms with E-state index in [1.807, 2.05) is 0 Å². The minimum Gasteiger partial charge on any atom is -0.380 e. The maximum Gasteiger partial charge on any atom is 0.223 e. The lowest BCUT2D eigenvalue weighted by Gasteiger charge is -2.40. The number of amides is 1. The molecule has 74 valence electrons. The largest absolute Gasteiger partial charge is 0.380 e. The highest BCUT2D eigenvalue weighted by Crippen LogP contribution is 2.32. The molecule has 1 N–H and O–H groups in total. The van der Waals surface area contributed by atoms with E-state index in [9.17, 15) is 4.79 Å². The number of carbonyl (C=O) groups is 1. The Bertz CT molecular complexity index is 201. The molecule has 2 aliphatic rings. The highest BCUT2D eigenvalue weighted by molar-refractivity contribution is 5.80. The smallest absolute Gasteiger partial charge is 0.223 e. The van der Waals surface area contributed by atoms with Crippen molar-refractivity contribution in [3.05, 3.63) is 0 Å². The van der Waals surface area contributed by atoms with Gasteiger partial charge in [0.15, 0.2) is 0 Å². The van der Waals surface area contributed by atoms with Crippen molar-refractivity contribution in [3.8, 4) is 0 Å². The van der Waals surface area contributed by atoms with Crippen molar-refractivity contribution in [3.63, 3.8) is 0 Å². The lowest BCUT2D eigenvalue weighted by atomic mass is 9.83. The van der Waals surface area contributed by atoms with Crippen molar-refractivity contribution in [2.45, 2.75) is 26.2 Å². The second-order valence-corrected chi connectivity index (χ2v) is 4.34. The van der Waals surface area contributed by atoms with Crippen LogP contribution in [0.5, 0.6) is 0 Å². The summed E-state index contributed by atoms with van der Waals surface area (Å²) in [5.41, 5.74) is 0.255. The number of hydrogen-bond acceptors (Lipinski definition) is 2. The molecule has 0 atom stereocenters. The minimum atomic E-state index is 0.250. The van der Waals surface area contributed by atoms with Crippen LogP contribution in [0.15, 0.2) is 0 Å². The van der Waals surface area contributed by atoms with Crippen molar-refractivity contribution in [1.82, 2.24) is 5.32 Å². The summed E-state index contributed by atoms with van der Waals surface area (Å²) in [4.78, 5) is 11.4. The van der Waals surface area contributed by atoms with Crippen molar-refractivity contribution in [2.75, 3.05) is 19.8 Å². The average Bonchev–Trinajstić information content (AvgIpc) is 2.85. The van der Waals surface area contributed by atoms with Gasteiger partial charge in [-0.15, -0.1) is 0 Å². The molecule has 1 saturated carbocycles. The third-order valence-corrected chi connectivity index (χ3v) is 3.15. The molecule has 1 aliphatic carbocycles. The summed E-state index contributed by atoms with van der Waals surface area (Å²) in [6, 6.07) is 0. The molecular weight excluding hydrogens is 166 g/mol. The van der Waals surface area contributed by atoms with Crippen LogP contribution in [0, 0.1) is 11.3 Å². The molecule has 1 amide bonds. The van der Waals surface area contributed by atoms with Gasteiger partial charge in [-0.05, 0) is 19.3 Å². The van der Waals surface area contributed by atoms with Gasteiger partial charge < -0.3 is 10.1 Å². The topological polar surface area (TPSA) is 38.3 Å². The summed E-state index contributed by atoms with van der Waals surface area (Å²) in [6.45, 7) is 4.59. The minimum absolute atomic E-state index is 0.250. The summed E-state index contributed by atoms with van der Waals surface area (Å²) >= 11 is 0. The van der Waals surface area contributed by atoms with Gasteiger partial charge >= 0.3 is 0 Å². The zero-order valence-corrected chi connectivity index (χ0v) is 8.14. The molecule has 0 unspecified atom stereocenters. The van der Waals surface area contributed by atoms with Crippen LogP contribution in [-0.2, 0) is 9.53 Å². The SMILES string of the molecule is CCC1(CNC(=O)C2CC2)COC1. The van der Waals surface area contributed by atoms with Crippen LogP contribution in [0.4, 0.5) is 0 Å². The van der Waals surface area contributed by atoms with E-state index >= 15 is 0 Å². The van der Waals surface area contributed by atoms with Crippen LogP contribution in [0.1, 0.15) is 26.2 Å². The number of nitrogens with one attached hydrogen (secondary N) is 1. The van der Waals surface area contributed by atoms with Gasteiger partial charge in [0.1, 0.15) is 0 Å². The highest BCUT2D eigenvalue weighted by Gasteiger charge is 2.38. The predicted octanol–water partition coefficient (Wildman–Crippen LogP) is 0.939. The predicted molar refractivity (Wildman–Crippen MR) is 49.3 cm³/mol. The molecule has 0 spiro atoms. The van der Waals surface area contributed by atoms with Gasteiger partial charge in [-0.1, -0.05) is 6.92 Å². The van der Waals surface area contributed by atoms with Crippen LogP contribution in [0.3, 0.4) is 0 Å². The Kier molecular flexibility index (Phi) is 2.28. The summed E-state index contributed by atoms with van der Waals surface area (Å²) in [5.74, 6) is 0.578. The molecule has 0 aromatic heterocycles. The molecule has 1 heterocycles. The van der Waals surface area contributed by atoms with Crippen molar-refractivity contribution >= 4 is 5.91 Å². The molecule has 3 nitrogen and oxygen atoms in total. The van der Waals surface area contributed by atoms with E-state index in [1.54, 1.807) is 0 Å². The summed E-state index contributed by atoms with van der Waals surface area (Å²) in [6.07, 6.45) is 3.26. The average molecular weight is 183 g/mol. The van der Waals surface area contributed by atoms with E-state index in [-0.39, 0.29) is 11.3 Å². The standard InChI is InChI=1S/C10H17NO2/c1-2-10(6-13-7-10)5-11-9(12)8-3-4-8/h8H,2-7H2,1H3,(H,11,12). The van der Waals surface area contributed by atoms with Gasteiger partial charge in [-0.25, -0.2) is 0 Å². The van der Waals surface area contributed by atoms with Gasteiger partial charge in [0.05, 0.1) is 13.2 Å². The van der Waals surface area contributed by atoms with Gasteiger partial charge in [-0.3, -0.25) is 4.79 Å². The Morgan fingerprint density at radius 1 is 1.54 bits per heavy atom. The molecule has 2 fully saturated rings. The molecule has 1 aliphatic heterocycles. The summed E-state index contributed by atoms with van der Waals surface area (Å²) in [5, 5.41) is 3.02. The quantitative estimate of drug-likeness (QED) is 0.704. The van der Waals surface area contributed by atoms with Crippen LogP contribution in [0.2, 0.25) is 0 Å². The maximum absolute atomic E-state index is 11.4. The highest BCUT2D eigenvalue weighted by atomic mass is 16.5. The Labute approximate surface area is 78.8 Å². The molecule has 1 saturated heterocycles.